The van der Waals surface area contributed by atoms with E-state index in [4.69, 9.17) is 10.8 Å². The maximum absolute atomic E-state index is 13.0. The van der Waals surface area contributed by atoms with E-state index in [2.05, 4.69) is 5.32 Å². The summed E-state index contributed by atoms with van der Waals surface area (Å²) in [6.07, 6.45) is -2.81. The first-order chi connectivity index (χ1) is 14.5. The number of imide groups is 1. The zero-order valence-corrected chi connectivity index (χ0v) is 19.7. The Bertz CT molecular complexity index is 539. The number of halogens is 3. The molecular weight excluding hydrogens is 415 g/mol. The van der Waals surface area contributed by atoms with Gasteiger partial charge in [-0.05, 0) is 38.9 Å². The van der Waals surface area contributed by atoms with E-state index in [0.29, 0.717) is 26.0 Å². The molecule has 8 nitrogen and oxygen atoms in total. The van der Waals surface area contributed by atoms with E-state index in [-0.39, 0.29) is 5.92 Å². The number of likely N-dealkylation sites (N-methyl/N-ethyl adjacent to an activating group) is 2. The number of allylic oxidation sites excluding steroid dienone is 1. The fraction of sp³-hybridized carbons (Fsp3) is 0.800. The maximum atomic E-state index is 13.0. The van der Waals surface area contributed by atoms with Crippen LogP contribution in [0.5, 0.6) is 0 Å². The largest absolute Gasteiger partial charge is 0.430 e. The van der Waals surface area contributed by atoms with Gasteiger partial charge in [0.05, 0.1) is 6.04 Å². The Kier molecular flexibility index (Phi) is 16.1. The topological polar surface area (TPSA) is 102 Å². The van der Waals surface area contributed by atoms with Crippen molar-refractivity contribution >= 4 is 12.4 Å². The molecule has 11 heteroatoms. The lowest BCUT2D eigenvalue weighted by Gasteiger charge is -2.39. The highest BCUT2D eigenvalue weighted by molar-refractivity contribution is 5.85. The van der Waals surface area contributed by atoms with Gasteiger partial charge in [-0.15, -0.1) is 0 Å². The number of rotatable bonds is 8. The Morgan fingerprint density at radius 1 is 1.23 bits per heavy atom. The molecule has 0 aliphatic carbocycles. The van der Waals surface area contributed by atoms with Gasteiger partial charge >= 0.3 is 12.2 Å². The molecule has 31 heavy (non-hydrogen) atoms. The molecular formula is C20H40F3N5O3. The molecule has 1 saturated heterocycles. The number of nitrogens with zero attached hydrogens (tertiary/aromatic N) is 3. The number of amides is 3. The highest BCUT2D eigenvalue weighted by Gasteiger charge is 2.38. The van der Waals surface area contributed by atoms with Crippen LogP contribution in [0.3, 0.4) is 0 Å². The zero-order valence-electron chi connectivity index (χ0n) is 19.7. The van der Waals surface area contributed by atoms with Crippen LogP contribution in [0.2, 0.25) is 0 Å². The van der Waals surface area contributed by atoms with E-state index in [9.17, 15) is 22.8 Å². The second-order valence-corrected chi connectivity index (χ2v) is 7.17. The minimum Gasteiger partial charge on any atom is -0.400 e. The number of nitrogens with one attached hydrogen (secondary N) is 1. The van der Waals surface area contributed by atoms with Crippen molar-refractivity contribution in [2.75, 3.05) is 40.8 Å². The molecule has 1 rings (SSSR count). The van der Waals surface area contributed by atoms with Crippen LogP contribution in [0.4, 0.5) is 18.0 Å². The van der Waals surface area contributed by atoms with Gasteiger partial charge in [-0.3, -0.25) is 15.0 Å². The normalized spacial score (nSPS) is 16.2. The Morgan fingerprint density at radius 2 is 1.71 bits per heavy atom. The molecule has 0 saturated carbocycles. The summed E-state index contributed by atoms with van der Waals surface area (Å²) in [5, 5.41) is 9.81. The van der Waals surface area contributed by atoms with Crippen molar-refractivity contribution in [2.24, 2.45) is 11.7 Å². The van der Waals surface area contributed by atoms with Gasteiger partial charge < -0.3 is 15.7 Å². The van der Waals surface area contributed by atoms with Gasteiger partial charge in [0.25, 0.3) is 0 Å². The molecule has 2 atom stereocenters. The quantitative estimate of drug-likeness (QED) is 0.383. The predicted molar refractivity (Wildman–Crippen MR) is 116 cm³/mol. The Morgan fingerprint density at radius 3 is 2.06 bits per heavy atom. The molecule has 1 heterocycles. The van der Waals surface area contributed by atoms with Crippen LogP contribution in [0.15, 0.2) is 11.8 Å². The van der Waals surface area contributed by atoms with Crippen LogP contribution in [-0.2, 0) is 4.79 Å². The molecule has 0 bridgehead atoms. The third-order valence-corrected chi connectivity index (χ3v) is 4.47. The van der Waals surface area contributed by atoms with E-state index in [1.807, 2.05) is 27.7 Å². The average molecular weight is 456 g/mol. The third-order valence-electron chi connectivity index (χ3n) is 4.47. The summed E-state index contributed by atoms with van der Waals surface area (Å²) in [4.78, 5) is 28.5. The third kappa shape index (κ3) is 10.3. The monoisotopic (exact) mass is 455 g/mol. The van der Waals surface area contributed by atoms with Crippen LogP contribution in [0.25, 0.3) is 0 Å². The summed E-state index contributed by atoms with van der Waals surface area (Å²) >= 11 is 0. The number of hydrogen-bond acceptors (Lipinski definition) is 6. The van der Waals surface area contributed by atoms with Crippen molar-refractivity contribution < 1.29 is 27.9 Å². The van der Waals surface area contributed by atoms with Crippen LogP contribution in [0.1, 0.15) is 40.5 Å². The molecule has 1 aliphatic heterocycles. The van der Waals surface area contributed by atoms with Crippen LogP contribution >= 0.6 is 0 Å². The molecule has 2 unspecified atom stereocenters. The summed E-state index contributed by atoms with van der Waals surface area (Å²) in [6, 6.07) is -1.47. The number of likely N-dealkylation sites (tertiary alicyclic amines) is 1. The van der Waals surface area contributed by atoms with Crippen LogP contribution in [0, 0.1) is 5.92 Å². The Balaban J connectivity index is 0. The minimum atomic E-state index is -4.69. The lowest BCUT2D eigenvalue weighted by molar-refractivity contribution is -0.119. The van der Waals surface area contributed by atoms with Crippen LogP contribution in [-0.4, -0.2) is 91.5 Å². The second kappa shape index (κ2) is 15.9. The van der Waals surface area contributed by atoms with Crippen molar-refractivity contribution in [3.8, 4) is 0 Å². The first kappa shape index (κ1) is 31.3. The average Bonchev–Trinajstić information content (AvgIpc) is 3.26. The second-order valence-electron chi connectivity index (χ2n) is 7.17. The number of aliphatic hydroxyl groups excluding tert-OH is 1. The summed E-state index contributed by atoms with van der Waals surface area (Å²) in [7, 11) is 4.13. The molecule has 0 aromatic heterocycles. The summed E-state index contributed by atoms with van der Waals surface area (Å²) in [6.45, 7) is 9.34. The van der Waals surface area contributed by atoms with Crippen molar-refractivity contribution in [1.29, 1.82) is 0 Å². The summed E-state index contributed by atoms with van der Waals surface area (Å²) in [5.74, 6) is 0.162. The molecule has 0 radical (unpaired) electrons. The fourth-order valence-corrected chi connectivity index (χ4v) is 3.21. The standard InChI is InChI=1S/C17H30F3N5O2.C2H6.CH4O/c1-12(2)10-23(4)13(9-14(21)17(18,19)20)15(22-3)25(11-26)16(27)24-7-5-6-8-24;2*1-2/h9,11-13,15,22H,5-8,10,21H2,1-4H3;1-2H3;2H,1H3/b14-9-;;. The first-order valence-corrected chi connectivity index (χ1v) is 10.4. The van der Waals surface area contributed by atoms with Crippen molar-refractivity contribution in [3.05, 3.63) is 11.8 Å². The molecule has 0 aromatic rings. The molecule has 0 aromatic carbocycles. The molecule has 1 fully saturated rings. The minimum absolute atomic E-state index is 0.162. The van der Waals surface area contributed by atoms with E-state index in [1.54, 1.807) is 11.9 Å². The molecule has 3 amide bonds. The molecule has 0 spiro atoms. The number of alkyl halides is 3. The van der Waals surface area contributed by atoms with Gasteiger partial charge in [0.15, 0.2) is 0 Å². The van der Waals surface area contributed by atoms with E-state index in [0.717, 1.165) is 30.9 Å². The molecule has 184 valence electrons. The number of carbonyl (C=O) groups is 2. The van der Waals surface area contributed by atoms with Gasteiger partial charge in [-0.25, -0.2) is 9.69 Å². The van der Waals surface area contributed by atoms with Gasteiger partial charge in [0.2, 0.25) is 6.41 Å². The van der Waals surface area contributed by atoms with Gasteiger partial charge in [0, 0.05) is 26.7 Å². The zero-order chi connectivity index (χ0) is 24.8. The lowest BCUT2D eigenvalue weighted by Crippen LogP contribution is -2.60. The first-order valence-electron chi connectivity index (χ1n) is 10.4. The summed E-state index contributed by atoms with van der Waals surface area (Å²) in [5.41, 5.74) is 3.97. The Hall–Kier alpha value is -1.85. The highest BCUT2D eigenvalue weighted by Crippen LogP contribution is 2.24. The Labute approximate surface area is 184 Å². The van der Waals surface area contributed by atoms with Crippen molar-refractivity contribution in [2.45, 2.75) is 58.9 Å². The maximum Gasteiger partial charge on any atom is 0.430 e. The molecule has 1 aliphatic rings. The SMILES string of the molecule is CC.CNC(C(/C=C(\N)C(F)(F)F)N(C)CC(C)C)N(C=O)C(=O)N1CCCC1.CO. The number of hydrogen-bond donors (Lipinski definition) is 3. The van der Waals surface area contributed by atoms with E-state index in [1.165, 1.54) is 11.9 Å². The predicted octanol–water partition coefficient (Wildman–Crippen LogP) is 2.20. The number of nitrogens with two attached hydrogens (primary N) is 1. The van der Waals surface area contributed by atoms with E-state index >= 15 is 0 Å². The fourth-order valence-electron chi connectivity index (χ4n) is 3.21. The van der Waals surface area contributed by atoms with Gasteiger partial charge in [-0.2, -0.15) is 13.2 Å². The smallest absolute Gasteiger partial charge is 0.400 e. The lowest BCUT2D eigenvalue weighted by atomic mass is 10.1. The number of urea groups is 1. The number of aliphatic hydroxyl groups is 1. The van der Waals surface area contributed by atoms with Crippen molar-refractivity contribution in [1.82, 2.24) is 20.0 Å². The molecule has 4 N–H and O–H groups in total. The van der Waals surface area contributed by atoms with Crippen LogP contribution < -0.4 is 11.1 Å². The highest BCUT2D eigenvalue weighted by atomic mass is 19.4. The van der Waals surface area contributed by atoms with Crippen molar-refractivity contribution in [3.63, 3.8) is 0 Å². The van der Waals surface area contributed by atoms with Gasteiger partial charge in [0.1, 0.15) is 11.9 Å². The van der Waals surface area contributed by atoms with Gasteiger partial charge in [-0.1, -0.05) is 27.7 Å². The van der Waals surface area contributed by atoms with E-state index < -0.39 is 30.1 Å². The summed E-state index contributed by atoms with van der Waals surface area (Å²) < 4.78 is 39.0. The number of carbonyl (C=O) groups excluding carboxylic acids is 2.